The summed E-state index contributed by atoms with van der Waals surface area (Å²) in [6, 6.07) is 7.05. The Morgan fingerprint density at radius 1 is 1.36 bits per heavy atom. The molecule has 1 aliphatic rings. The van der Waals surface area contributed by atoms with Crippen molar-refractivity contribution in [3.8, 4) is 0 Å². The van der Waals surface area contributed by atoms with E-state index in [-0.39, 0.29) is 18.3 Å². The van der Waals surface area contributed by atoms with Crippen LogP contribution in [-0.4, -0.2) is 48.9 Å². The summed E-state index contributed by atoms with van der Waals surface area (Å²) < 4.78 is 0. The predicted octanol–water partition coefficient (Wildman–Crippen LogP) is 0.830. The highest BCUT2D eigenvalue weighted by atomic mass is 35.5. The maximum absolute atomic E-state index is 11.9. The summed E-state index contributed by atoms with van der Waals surface area (Å²) in [6.07, 6.45) is 0.460. The molecule has 1 saturated heterocycles. The van der Waals surface area contributed by atoms with E-state index in [1.165, 1.54) is 0 Å². The van der Waals surface area contributed by atoms with Crippen molar-refractivity contribution in [2.75, 3.05) is 31.5 Å². The molecule has 122 valence electrons. The Balaban J connectivity index is 0.00000242. The largest absolute Gasteiger partial charge is 0.366 e. The predicted molar refractivity (Wildman–Crippen MR) is 89.4 cm³/mol. The third kappa shape index (κ3) is 5.29. The number of primary amides is 1. The Morgan fingerprint density at radius 2 is 2.05 bits per heavy atom. The lowest BCUT2D eigenvalue weighted by Crippen LogP contribution is -2.50. The summed E-state index contributed by atoms with van der Waals surface area (Å²) in [7, 11) is 0. The summed E-state index contributed by atoms with van der Waals surface area (Å²) in [5.74, 6) is -0.492. The molecule has 0 bridgehead atoms. The van der Waals surface area contributed by atoms with Crippen molar-refractivity contribution in [3.05, 3.63) is 29.8 Å². The third-order valence-electron chi connectivity index (χ3n) is 3.72. The van der Waals surface area contributed by atoms with Gasteiger partial charge < -0.3 is 16.4 Å². The zero-order valence-electron chi connectivity index (χ0n) is 12.7. The Bertz CT molecular complexity index is 507. The smallest absolute Gasteiger partial charge is 0.248 e. The lowest BCUT2D eigenvalue weighted by atomic mass is 10.2. The number of nitrogens with two attached hydrogens (primary N) is 1. The average Bonchev–Trinajstić information content (AvgIpc) is 2.47. The molecule has 22 heavy (non-hydrogen) atoms. The molecule has 6 nitrogen and oxygen atoms in total. The van der Waals surface area contributed by atoms with Gasteiger partial charge in [0.15, 0.2) is 0 Å². The van der Waals surface area contributed by atoms with Crippen molar-refractivity contribution >= 4 is 29.9 Å². The minimum Gasteiger partial charge on any atom is -0.366 e. The van der Waals surface area contributed by atoms with Gasteiger partial charge in [0.2, 0.25) is 11.8 Å². The van der Waals surface area contributed by atoms with E-state index >= 15 is 0 Å². The van der Waals surface area contributed by atoms with E-state index in [4.69, 9.17) is 5.73 Å². The van der Waals surface area contributed by atoms with E-state index in [0.29, 0.717) is 23.7 Å². The number of hydrogen-bond donors (Lipinski definition) is 3. The first-order valence-electron chi connectivity index (χ1n) is 7.21. The molecule has 7 heteroatoms. The Hall–Kier alpha value is -1.63. The number of hydrogen-bond acceptors (Lipinski definition) is 4. The van der Waals surface area contributed by atoms with Crippen LogP contribution in [0, 0.1) is 0 Å². The molecule has 0 spiro atoms. The number of anilines is 1. The minimum atomic E-state index is -0.472. The van der Waals surface area contributed by atoms with Crippen LogP contribution in [0.5, 0.6) is 0 Å². The van der Waals surface area contributed by atoms with Crippen LogP contribution in [-0.2, 0) is 4.79 Å². The highest BCUT2D eigenvalue weighted by Crippen LogP contribution is 2.10. The van der Waals surface area contributed by atoms with E-state index in [1.54, 1.807) is 24.3 Å². The van der Waals surface area contributed by atoms with Crippen LogP contribution in [0.15, 0.2) is 24.3 Å². The van der Waals surface area contributed by atoms with Gasteiger partial charge in [-0.2, -0.15) is 0 Å². The lowest BCUT2D eigenvalue weighted by Gasteiger charge is -2.33. The zero-order valence-corrected chi connectivity index (χ0v) is 13.5. The number of nitrogens with zero attached hydrogens (tertiary/aromatic N) is 1. The molecule has 1 aromatic carbocycles. The first-order chi connectivity index (χ1) is 10.1. The van der Waals surface area contributed by atoms with E-state index in [2.05, 4.69) is 22.5 Å². The Labute approximate surface area is 136 Å². The third-order valence-corrected chi connectivity index (χ3v) is 3.72. The first-order valence-corrected chi connectivity index (χ1v) is 7.21. The van der Waals surface area contributed by atoms with Crippen LogP contribution in [0.2, 0.25) is 0 Å². The topological polar surface area (TPSA) is 87.5 Å². The summed E-state index contributed by atoms with van der Waals surface area (Å²) in [5, 5.41) is 6.16. The highest BCUT2D eigenvalue weighted by molar-refractivity contribution is 5.94. The molecule has 0 aliphatic carbocycles. The van der Waals surface area contributed by atoms with Crippen LogP contribution in [0.4, 0.5) is 5.69 Å². The quantitative estimate of drug-likeness (QED) is 0.748. The van der Waals surface area contributed by atoms with Gasteiger partial charge in [-0.1, -0.05) is 0 Å². The van der Waals surface area contributed by atoms with E-state index in [9.17, 15) is 9.59 Å². The number of rotatable bonds is 5. The van der Waals surface area contributed by atoms with Crippen molar-refractivity contribution in [2.24, 2.45) is 5.73 Å². The molecule has 1 aliphatic heterocycles. The standard InChI is InChI=1S/C15H22N4O2.ClH/c1-11-10-17-7-9-19(11)8-6-14(20)18-13-4-2-12(3-5-13)15(16)21;/h2-5,11,17H,6-10H2,1H3,(H2,16,21)(H,18,20);1H/t11-;/m1./s1. The van der Waals surface area contributed by atoms with Gasteiger partial charge in [0.05, 0.1) is 0 Å². The van der Waals surface area contributed by atoms with Gasteiger partial charge in [-0.3, -0.25) is 14.5 Å². The molecule has 1 aromatic rings. The van der Waals surface area contributed by atoms with Crippen LogP contribution in [0.1, 0.15) is 23.7 Å². The first kappa shape index (κ1) is 18.4. The molecule has 0 aromatic heterocycles. The Kier molecular flexibility index (Phi) is 7.31. The van der Waals surface area contributed by atoms with Crippen LogP contribution < -0.4 is 16.4 Å². The van der Waals surface area contributed by atoms with Gasteiger partial charge >= 0.3 is 0 Å². The van der Waals surface area contributed by atoms with Crippen LogP contribution >= 0.6 is 12.4 Å². The average molecular weight is 327 g/mol. The van der Waals surface area contributed by atoms with E-state index < -0.39 is 5.91 Å². The van der Waals surface area contributed by atoms with Crippen LogP contribution in [0.3, 0.4) is 0 Å². The number of amides is 2. The van der Waals surface area contributed by atoms with Gasteiger partial charge in [-0.25, -0.2) is 0 Å². The SMILES string of the molecule is C[C@@H]1CNCCN1CCC(=O)Nc1ccc(C(N)=O)cc1.Cl. The molecule has 4 N–H and O–H groups in total. The fraction of sp³-hybridized carbons (Fsp3) is 0.467. The van der Waals surface area contributed by atoms with Gasteiger partial charge in [0, 0.05) is 49.9 Å². The molecule has 0 unspecified atom stereocenters. The molecule has 0 saturated carbocycles. The second-order valence-corrected chi connectivity index (χ2v) is 5.33. The molecule has 0 radical (unpaired) electrons. The van der Waals surface area contributed by atoms with Crippen molar-refractivity contribution in [1.29, 1.82) is 0 Å². The second kappa shape index (κ2) is 8.73. The fourth-order valence-corrected chi connectivity index (χ4v) is 2.40. The molecule has 2 rings (SSSR count). The van der Waals surface area contributed by atoms with E-state index in [0.717, 1.165) is 26.2 Å². The van der Waals surface area contributed by atoms with Crippen molar-refractivity contribution in [3.63, 3.8) is 0 Å². The normalized spacial score (nSPS) is 18.3. The second-order valence-electron chi connectivity index (χ2n) is 5.33. The monoisotopic (exact) mass is 326 g/mol. The van der Waals surface area contributed by atoms with Gasteiger partial charge in [0.1, 0.15) is 0 Å². The maximum atomic E-state index is 11.9. The summed E-state index contributed by atoms with van der Waals surface area (Å²) in [4.78, 5) is 25.2. The summed E-state index contributed by atoms with van der Waals surface area (Å²) >= 11 is 0. The lowest BCUT2D eigenvalue weighted by molar-refractivity contribution is -0.116. The molecular weight excluding hydrogens is 304 g/mol. The van der Waals surface area contributed by atoms with Crippen molar-refractivity contribution in [2.45, 2.75) is 19.4 Å². The summed E-state index contributed by atoms with van der Waals surface area (Å²) in [5.41, 5.74) is 6.28. The van der Waals surface area contributed by atoms with Crippen LogP contribution in [0.25, 0.3) is 0 Å². The van der Waals surface area contributed by atoms with Crippen molar-refractivity contribution in [1.82, 2.24) is 10.2 Å². The zero-order chi connectivity index (χ0) is 15.2. The number of carbonyl (C=O) groups is 2. The number of halogens is 1. The summed E-state index contributed by atoms with van der Waals surface area (Å²) in [6.45, 7) is 5.83. The number of piperazine rings is 1. The number of benzene rings is 1. The number of carbonyl (C=O) groups excluding carboxylic acids is 2. The molecule has 1 fully saturated rings. The molecule has 1 heterocycles. The van der Waals surface area contributed by atoms with Gasteiger partial charge in [-0.05, 0) is 31.2 Å². The fourth-order valence-electron chi connectivity index (χ4n) is 2.40. The maximum Gasteiger partial charge on any atom is 0.248 e. The molecular formula is C15H23ClN4O2. The highest BCUT2D eigenvalue weighted by Gasteiger charge is 2.18. The van der Waals surface area contributed by atoms with E-state index in [1.807, 2.05) is 0 Å². The Morgan fingerprint density at radius 3 is 2.64 bits per heavy atom. The molecule has 1 atom stereocenters. The van der Waals surface area contributed by atoms with Gasteiger partial charge in [0.25, 0.3) is 0 Å². The number of nitrogens with one attached hydrogen (secondary N) is 2. The van der Waals surface area contributed by atoms with Gasteiger partial charge in [-0.15, -0.1) is 12.4 Å². The molecule has 2 amide bonds. The van der Waals surface area contributed by atoms with Crippen molar-refractivity contribution < 1.29 is 9.59 Å². The minimum absolute atomic E-state index is 0.